The lowest BCUT2D eigenvalue weighted by atomic mass is 10.2. The average Bonchev–Trinajstić information content (AvgIpc) is 2.66. The molecule has 3 rings (SSSR count). The second-order valence-electron chi connectivity index (χ2n) is 5.98. The van der Waals surface area contributed by atoms with E-state index in [9.17, 15) is 4.79 Å². The van der Waals surface area contributed by atoms with Crippen molar-refractivity contribution >= 4 is 22.7 Å². The SMILES string of the molecule is CC[C@@H](C)n1c(SCc2cccc(OC)c2)nc2ccccc2c1=O. The highest BCUT2D eigenvalue weighted by molar-refractivity contribution is 7.98. The Morgan fingerprint density at radius 3 is 2.76 bits per heavy atom. The normalized spacial score (nSPS) is 12.3. The third kappa shape index (κ3) is 3.71. The molecule has 0 radical (unpaired) electrons. The highest BCUT2D eigenvalue weighted by Gasteiger charge is 2.15. The van der Waals surface area contributed by atoms with Gasteiger partial charge < -0.3 is 4.74 Å². The first-order chi connectivity index (χ1) is 12.1. The minimum atomic E-state index is 0.0353. The average molecular weight is 354 g/mol. The molecule has 0 aliphatic heterocycles. The standard InChI is InChI=1S/C20H22N2O2S/c1-4-14(2)22-19(23)17-10-5-6-11-18(17)21-20(22)25-13-15-8-7-9-16(12-15)24-3/h5-12,14H,4,13H2,1-3H3/t14-/m1/s1. The second kappa shape index (κ2) is 7.74. The fraction of sp³-hybridized carbons (Fsp3) is 0.300. The minimum Gasteiger partial charge on any atom is -0.497 e. The number of fused-ring (bicyclic) bond motifs is 1. The van der Waals surface area contributed by atoms with E-state index in [1.807, 2.05) is 47.0 Å². The van der Waals surface area contributed by atoms with Crippen LogP contribution in [0.1, 0.15) is 31.9 Å². The van der Waals surface area contributed by atoms with Crippen molar-refractivity contribution in [1.82, 2.24) is 9.55 Å². The highest BCUT2D eigenvalue weighted by Crippen LogP contribution is 2.26. The summed E-state index contributed by atoms with van der Waals surface area (Å²) >= 11 is 1.59. The van der Waals surface area contributed by atoms with E-state index in [0.717, 1.165) is 34.2 Å². The molecule has 0 N–H and O–H groups in total. The number of thioether (sulfide) groups is 1. The molecule has 3 aromatic rings. The smallest absolute Gasteiger partial charge is 0.262 e. The molecule has 2 aromatic carbocycles. The zero-order valence-corrected chi connectivity index (χ0v) is 15.5. The van der Waals surface area contributed by atoms with Gasteiger partial charge in [-0.3, -0.25) is 9.36 Å². The molecule has 5 heteroatoms. The molecule has 0 spiro atoms. The maximum Gasteiger partial charge on any atom is 0.262 e. The van der Waals surface area contributed by atoms with Crippen LogP contribution in [0, 0.1) is 0 Å². The molecule has 25 heavy (non-hydrogen) atoms. The predicted molar refractivity (Wildman–Crippen MR) is 104 cm³/mol. The number of rotatable bonds is 6. The van der Waals surface area contributed by atoms with Crippen molar-refractivity contribution in [2.45, 2.75) is 37.2 Å². The van der Waals surface area contributed by atoms with Crippen molar-refractivity contribution in [3.8, 4) is 5.75 Å². The van der Waals surface area contributed by atoms with Gasteiger partial charge in [0.15, 0.2) is 5.16 Å². The monoisotopic (exact) mass is 354 g/mol. The Morgan fingerprint density at radius 1 is 1.20 bits per heavy atom. The lowest BCUT2D eigenvalue weighted by Gasteiger charge is -2.18. The number of hydrogen-bond acceptors (Lipinski definition) is 4. The number of ether oxygens (including phenoxy) is 1. The van der Waals surface area contributed by atoms with Gasteiger partial charge in [-0.15, -0.1) is 0 Å². The topological polar surface area (TPSA) is 44.1 Å². The summed E-state index contributed by atoms with van der Waals surface area (Å²) in [6.45, 7) is 4.15. The first kappa shape index (κ1) is 17.5. The van der Waals surface area contributed by atoms with Gasteiger partial charge >= 0.3 is 0 Å². The van der Waals surface area contributed by atoms with Gasteiger partial charge in [-0.2, -0.15) is 0 Å². The van der Waals surface area contributed by atoms with E-state index in [2.05, 4.69) is 19.9 Å². The van der Waals surface area contributed by atoms with Crippen molar-refractivity contribution in [2.24, 2.45) is 0 Å². The fourth-order valence-corrected chi connectivity index (χ4v) is 3.75. The molecule has 0 saturated heterocycles. The van der Waals surface area contributed by atoms with Crippen LogP contribution in [0.4, 0.5) is 0 Å². The summed E-state index contributed by atoms with van der Waals surface area (Å²) in [6, 6.07) is 15.6. The Bertz CT molecular complexity index is 936. The number of benzene rings is 2. The summed E-state index contributed by atoms with van der Waals surface area (Å²) in [5.41, 5.74) is 1.93. The third-order valence-corrected chi connectivity index (χ3v) is 5.33. The van der Waals surface area contributed by atoms with E-state index in [4.69, 9.17) is 9.72 Å². The molecule has 0 bridgehead atoms. The van der Waals surface area contributed by atoms with Gasteiger partial charge in [0.25, 0.3) is 5.56 Å². The molecule has 0 aliphatic rings. The van der Waals surface area contributed by atoms with Crippen molar-refractivity contribution in [3.63, 3.8) is 0 Å². The van der Waals surface area contributed by atoms with Crippen LogP contribution in [0.5, 0.6) is 5.75 Å². The molecule has 4 nitrogen and oxygen atoms in total. The largest absolute Gasteiger partial charge is 0.497 e. The first-order valence-electron chi connectivity index (χ1n) is 8.41. The van der Waals surface area contributed by atoms with Crippen LogP contribution < -0.4 is 10.3 Å². The zero-order valence-electron chi connectivity index (χ0n) is 14.7. The summed E-state index contributed by atoms with van der Waals surface area (Å²) in [6.07, 6.45) is 0.882. The predicted octanol–water partition coefficient (Wildman–Crippen LogP) is 4.67. The number of hydrogen-bond donors (Lipinski definition) is 0. The van der Waals surface area contributed by atoms with Gasteiger partial charge in [0.1, 0.15) is 5.75 Å². The quantitative estimate of drug-likeness (QED) is 0.477. The molecule has 0 saturated carbocycles. The number of para-hydroxylation sites is 1. The fourth-order valence-electron chi connectivity index (χ4n) is 2.71. The minimum absolute atomic E-state index is 0.0353. The molecule has 0 amide bonds. The summed E-state index contributed by atoms with van der Waals surface area (Å²) in [4.78, 5) is 17.7. The first-order valence-corrected chi connectivity index (χ1v) is 9.39. The van der Waals surface area contributed by atoms with Crippen LogP contribution in [0.25, 0.3) is 10.9 Å². The molecular formula is C20H22N2O2S. The highest BCUT2D eigenvalue weighted by atomic mass is 32.2. The lowest BCUT2D eigenvalue weighted by Crippen LogP contribution is -2.26. The summed E-state index contributed by atoms with van der Waals surface area (Å²) < 4.78 is 7.11. The third-order valence-electron chi connectivity index (χ3n) is 4.31. The molecule has 0 unspecified atom stereocenters. The molecular weight excluding hydrogens is 332 g/mol. The van der Waals surface area contributed by atoms with Gasteiger partial charge in [-0.05, 0) is 43.2 Å². The lowest BCUT2D eigenvalue weighted by molar-refractivity contribution is 0.414. The van der Waals surface area contributed by atoms with E-state index in [0.29, 0.717) is 5.39 Å². The number of methoxy groups -OCH3 is 1. The van der Waals surface area contributed by atoms with E-state index in [1.54, 1.807) is 18.9 Å². The Morgan fingerprint density at radius 2 is 2.00 bits per heavy atom. The number of aromatic nitrogens is 2. The van der Waals surface area contributed by atoms with Gasteiger partial charge in [0, 0.05) is 11.8 Å². The molecule has 0 aliphatic carbocycles. The van der Waals surface area contributed by atoms with Crippen LogP contribution in [-0.2, 0) is 5.75 Å². The van der Waals surface area contributed by atoms with Gasteiger partial charge in [0.2, 0.25) is 0 Å². The molecule has 1 atom stereocenters. The van der Waals surface area contributed by atoms with E-state index in [-0.39, 0.29) is 11.6 Å². The van der Waals surface area contributed by atoms with Crippen molar-refractivity contribution in [2.75, 3.05) is 7.11 Å². The van der Waals surface area contributed by atoms with Crippen molar-refractivity contribution in [1.29, 1.82) is 0 Å². The van der Waals surface area contributed by atoms with Crippen molar-refractivity contribution < 1.29 is 4.74 Å². The maximum atomic E-state index is 13.0. The van der Waals surface area contributed by atoms with E-state index in [1.165, 1.54) is 0 Å². The molecule has 0 fully saturated rings. The Hall–Kier alpha value is -2.27. The summed E-state index contributed by atoms with van der Waals surface area (Å²) in [5.74, 6) is 1.57. The van der Waals surface area contributed by atoms with Crippen LogP contribution >= 0.6 is 11.8 Å². The Labute approximate surface area is 151 Å². The molecule has 1 aromatic heterocycles. The Kier molecular flexibility index (Phi) is 5.43. The van der Waals surface area contributed by atoms with Crippen LogP contribution in [-0.4, -0.2) is 16.7 Å². The molecule has 1 heterocycles. The molecule has 130 valence electrons. The zero-order chi connectivity index (χ0) is 17.8. The Balaban J connectivity index is 2.00. The summed E-state index contributed by atoms with van der Waals surface area (Å²) in [7, 11) is 1.66. The maximum absolute atomic E-state index is 13.0. The van der Waals surface area contributed by atoms with Gasteiger partial charge in [0.05, 0.1) is 18.0 Å². The van der Waals surface area contributed by atoms with Gasteiger partial charge in [-0.25, -0.2) is 4.98 Å². The van der Waals surface area contributed by atoms with Crippen LogP contribution in [0.15, 0.2) is 58.5 Å². The van der Waals surface area contributed by atoms with Gasteiger partial charge in [-0.1, -0.05) is 43.0 Å². The van der Waals surface area contributed by atoms with E-state index < -0.39 is 0 Å². The second-order valence-corrected chi connectivity index (χ2v) is 6.93. The number of nitrogens with zero attached hydrogens (tertiary/aromatic N) is 2. The van der Waals surface area contributed by atoms with Crippen LogP contribution in [0.2, 0.25) is 0 Å². The summed E-state index contributed by atoms with van der Waals surface area (Å²) in [5, 5.41) is 1.44. The van der Waals surface area contributed by atoms with Crippen molar-refractivity contribution in [3.05, 3.63) is 64.4 Å². The van der Waals surface area contributed by atoms with Crippen LogP contribution in [0.3, 0.4) is 0 Å². The van der Waals surface area contributed by atoms with E-state index >= 15 is 0 Å².